The second-order valence-electron chi connectivity index (χ2n) is 4.35. The zero-order chi connectivity index (χ0) is 13.0. The molecule has 0 radical (unpaired) electrons. The lowest BCUT2D eigenvalue weighted by Crippen LogP contribution is -2.08. The number of aliphatic carboxylic acids is 1. The molecule has 0 heterocycles. The van der Waals surface area contributed by atoms with E-state index in [9.17, 15) is 4.79 Å². The first kappa shape index (κ1) is 14.2. The van der Waals surface area contributed by atoms with Crippen LogP contribution in [0.3, 0.4) is 0 Å². The van der Waals surface area contributed by atoms with Crippen molar-refractivity contribution >= 4 is 21.9 Å². The van der Waals surface area contributed by atoms with Gasteiger partial charge in [-0.05, 0) is 42.9 Å². The van der Waals surface area contributed by atoms with Crippen LogP contribution >= 0.6 is 15.9 Å². The molecule has 0 aliphatic rings. The van der Waals surface area contributed by atoms with E-state index in [1.54, 1.807) is 6.92 Å². The summed E-state index contributed by atoms with van der Waals surface area (Å²) in [5.74, 6) is -0.701. The quantitative estimate of drug-likeness (QED) is 0.866. The molecule has 1 aromatic rings. The highest BCUT2D eigenvalue weighted by molar-refractivity contribution is 9.10. The Bertz CT molecular complexity index is 397. The van der Waals surface area contributed by atoms with E-state index in [1.165, 1.54) is 5.56 Å². The van der Waals surface area contributed by atoms with E-state index in [1.807, 2.05) is 12.1 Å². The van der Waals surface area contributed by atoms with E-state index < -0.39 is 11.9 Å². The summed E-state index contributed by atoms with van der Waals surface area (Å²) in [6.07, 6.45) is 2.20. The molecule has 1 aromatic carbocycles. The summed E-state index contributed by atoms with van der Waals surface area (Å²) in [5.41, 5.74) is 2.12. The van der Waals surface area contributed by atoms with Gasteiger partial charge in [0.1, 0.15) is 0 Å². The van der Waals surface area contributed by atoms with E-state index in [2.05, 4.69) is 35.8 Å². The summed E-state index contributed by atoms with van der Waals surface area (Å²) in [5, 5.41) is 8.98. The zero-order valence-electron chi connectivity index (χ0n) is 10.5. The number of hydrogen-bond donors (Lipinski definition) is 1. The Labute approximate surface area is 111 Å². The van der Waals surface area contributed by atoms with E-state index in [4.69, 9.17) is 5.11 Å². The first-order valence-corrected chi connectivity index (χ1v) is 6.82. The maximum Gasteiger partial charge on any atom is 0.310 e. The van der Waals surface area contributed by atoms with Gasteiger partial charge in [-0.2, -0.15) is 0 Å². The van der Waals surface area contributed by atoms with Crippen molar-refractivity contribution < 1.29 is 9.90 Å². The van der Waals surface area contributed by atoms with Crippen LogP contribution < -0.4 is 0 Å². The molecule has 0 saturated heterocycles. The summed E-state index contributed by atoms with van der Waals surface area (Å²) in [4.78, 5) is 10.9. The molecule has 1 atom stereocenters. The second-order valence-corrected chi connectivity index (χ2v) is 5.21. The van der Waals surface area contributed by atoms with Crippen molar-refractivity contribution in [3.8, 4) is 0 Å². The van der Waals surface area contributed by atoms with Crippen molar-refractivity contribution in [3.05, 3.63) is 33.8 Å². The van der Waals surface area contributed by atoms with Crippen LogP contribution in [0.1, 0.15) is 56.6 Å². The van der Waals surface area contributed by atoms with Gasteiger partial charge in [-0.15, -0.1) is 0 Å². The van der Waals surface area contributed by atoms with Crippen molar-refractivity contribution in [2.75, 3.05) is 0 Å². The third-order valence-electron chi connectivity index (χ3n) is 3.32. The molecule has 94 valence electrons. The molecular formula is C14H19BrO2. The summed E-state index contributed by atoms with van der Waals surface area (Å²) in [6.45, 7) is 6.06. The van der Waals surface area contributed by atoms with Gasteiger partial charge in [0, 0.05) is 4.47 Å². The van der Waals surface area contributed by atoms with Gasteiger partial charge in [-0.25, -0.2) is 0 Å². The van der Waals surface area contributed by atoms with Gasteiger partial charge in [0.15, 0.2) is 0 Å². The molecule has 1 unspecified atom stereocenters. The maximum atomic E-state index is 10.9. The molecular weight excluding hydrogens is 280 g/mol. The van der Waals surface area contributed by atoms with Gasteiger partial charge in [0.25, 0.3) is 0 Å². The lowest BCUT2D eigenvalue weighted by Gasteiger charge is -2.16. The van der Waals surface area contributed by atoms with Crippen molar-refractivity contribution in [3.63, 3.8) is 0 Å². The predicted octanol–water partition coefficient (Wildman–Crippen LogP) is 4.54. The minimum Gasteiger partial charge on any atom is -0.481 e. The van der Waals surface area contributed by atoms with Crippen LogP contribution in [0, 0.1) is 0 Å². The number of carboxylic acids is 1. The zero-order valence-corrected chi connectivity index (χ0v) is 12.1. The number of carbonyl (C=O) groups is 1. The number of rotatable bonds is 5. The van der Waals surface area contributed by atoms with Gasteiger partial charge in [0.05, 0.1) is 5.92 Å². The molecule has 0 saturated carbocycles. The van der Waals surface area contributed by atoms with Crippen LogP contribution in [-0.2, 0) is 4.79 Å². The van der Waals surface area contributed by atoms with Crippen LogP contribution in [0.5, 0.6) is 0 Å². The molecule has 0 aromatic heterocycles. The number of hydrogen-bond acceptors (Lipinski definition) is 1. The lowest BCUT2D eigenvalue weighted by molar-refractivity contribution is -0.138. The molecule has 2 nitrogen and oxygen atoms in total. The summed E-state index contributed by atoms with van der Waals surface area (Å²) < 4.78 is 1.02. The van der Waals surface area contributed by atoms with E-state index in [0.717, 1.165) is 22.9 Å². The van der Waals surface area contributed by atoms with Crippen LogP contribution in [-0.4, -0.2) is 11.1 Å². The minimum atomic E-state index is -0.785. The van der Waals surface area contributed by atoms with Crippen LogP contribution in [0.4, 0.5) is 0 Å². The van der Waals surface area contributed by atoms with Crippen molar-refractivity contribution in [1.82, 2.24) is 0 Å². The first-order valence-electron chi connectivity index (χ1n) is 6.03. The van der Waals surface area contributed by atoms with E-state index in [-0.39, 0.29) is 0 Å². The fourth-order valence-corrected chi connectivity index (χ4v) is 2.74. The predicted molar refractivity (Wildman–Crippen MR) is 73.5 cm³/mol. The second kappa shape index (κ2) is 6.20. The van der Waals surface area contributed by atoms with Crippen molar-refractivity contribution in [2.45, 2.75) is 45.4 Å². The SMILES string of the molecule is CCC(CC)c1ccc(C(C)C(=O)O)cc1Br. The molecule has 1 N–H and O–H groups in total. The molecule has 3 heteroatoms. The molecule has 0 bridgehead atoms. The summed E-state index contributed by atoms with van der Waals surface area (Å²) in [6, 6.07) is 5.92. The monoisotopic (exact) mass is 298 g/mol. The highest BCUT2D eigenvalue weighted by Crippen LogP contribution is 2.32. The Morgan fingerprint density at radius 2 is 1.94 bits per heavy atom. The average Bonchev–Trinajstić information content (AvgIpc) is 2.31. The molecule has 17 heavy (non-hydrogen) atoms. The van der Waals surface area contributed by atoms with Gasteiger partial charge < -0.3 is 5.11 Å². The first-order chi connectivity index (χ1) is 8.01. The molecule has 0 fully saturated rings. The number of benzene rings is 1. The molecule has 0 aliphatic carbocycles. The van der Waals surface area contributed by atoms with E-state index >= 15 is 0 Å². The van der Waals surface area contributed by atoms with Crippen molar-refractivity contribution in [2.24, 2.45) is 0 Å². The third kappa shape index (κ3) is 3.32. The number of halogens is 1. The highest BCUT2D eigenvalue weighted by Gasteiger charge is 2.16. The Hall–Kier alpha value is -0.830. The summed E-state index contributed by atoms with van der Waals surface area (Å²) in [7, 11) is 0. The molecule has 0 spiro atoms. The fourth-order valence-electron chi connectivity index (χ4n) is 2.01. The maximum absolute atomic E-state index is 10.9. The smallest absolute Gasteiger partial charge is 0.310 e. The lowest BCUT2D eigenvalue weighted by atomic mass is 9.91. The van der Waals surface area contributed by atoms with Crippen molar-refractivity contribution in [1.29, 1.82) is 0 Å². The topological polar surface area (TPSA) is 37.3 Å². The molecule has 1 rings (SSSR count). The van der Waals surface area contributed by atoms with E-state index in [0.29, 0.717) is 5.92 Å². The van der Waals surface area contributed by atoms with Gasteiger partial charge in [-0.1, -0.05) is 41.9 Å². The largest absolute Gasteiger partial charge is 0.481 e. The molecule has 0 amide bonds. The fraction of sp³-hybridized carbons (Fsp3) is 0.500. The highest BCUT2D eigenvalue weighted by atomic mass is 79.9. The van der Waals surface area contributed by atoms with Gasteiger partial charge in [-0.3, -0.25) is 4.79 Å². The third-order valence-corrected chi connectivity index (χ3v) is 4.01. The Kier molecular flexibility index (Phi) is 5.19. The number of carboxylic acid groups (broad SMARTS) is 1. The standard InChI is InChI=1S/C14H19BrO2/c1-4-10(5-2)12-7-6-11(8-13(12)15)9(3)14(16)17/h6-10H,4-5H2,1-3H3,(H,16,17). The Balaban J connectivity index is 3.05. The van der Waals surface area contributed by atoms with Gasteiger partial charge >= 0.3 is 5.97 Å². The minimum absolute atomic E-state index is 0.456. The van der Waals surface area contributed by atoms with Crippen LogP contribution in [0.15, 0.2) is 22.7 Å². The molecule has 0 aliphatic heterocycles. The van der Waals surface area contributed by atoms with Crippen LogP contribution in [0.2, 0.25) is 0 Å². The Morgan fingerprint density at radius 3 is 2.35 bits per heavy atom. The Morgan fingerprint density at radius 1 is 1.35 bits per heavy atom. The van der Waals surface area contributed by atoms with Gasteiger partial charge in [0.2, 0.25) is 0 Å². The normalized spacial score (nSPS) is 12.8. The van der Waals surface area contributed by atoms with Crippen LogP contribution in [0.25, 0.3) is 0 Å². The average molecular weight is 299 g/mol. The summed E-state index contributed by atoms with van der Waals surface area (Å²) >= 11 is 3.55.